The summed E-state index contributed by atoms with van der Waals surface area (Å²) in [6, 6.07) is 3.19. The molecule has 0 amide bonds. The molecule has 1 heterocycles. The van der Waals surface area contributed by atoms with E-state index in [2.05, 4.69) is 34.3 Å². The van der Waals surface area contributed by atoms with Gasteiger partial charge in [-0.1, -0.05) is 19.8 Å². The quantitative estimate of drug-likeness (QED) is 0.809. The van der Waals surface area contributed by atoms with E-state index in [0.29, 0.717) is 12.1 Å². The molecule has 1 aliphatic carbocycles. The summed E-state index contributed by atoms with van der Waals surface area (Å²) in [7, 11) is 1.75. The zero-order valence-electron chi connectivity index (χ0n) is 11.6. The first-order valence-electron chi connectivity index (χ1n) is 7.09. The highest BCUT2D eigenvalue weighted by molar-refractivity contribution is 5.00. The van der Waals surface area contributed by atoms with Crippen molar-refractivity contribution >= 4 is 0 Å². The minimum Gasteiger partial charge on any atom is -0.383 e. The molecule has 18 heavy (non-hydrogen) atoms. The van der Waals surface area contributed by atoms with Crippen LogP contribution in [0.4, 0.5) is 0 Å². The number of ether oxygens (including phenoxy) is 1. The Morgan fingerprint density at radius 2 is 2.28 bits per heavy atom. The van der Waals surface area contributed by atoms with Crippen LogP contribution in [-0.2, 0) is 11.3 Å². The molecule has 1 aromatic rings. The van der Waals surface area contributed by atoms with Crippen molar-refractivity contribution in [2.45, 2.75) is 57.7 Å². The van der Waals surface area contributed by atoms with Crippen LogP contribution in [0, 0.1) is 0 Å². The number of methoxy groups -OCH3 is 1. The van der Waals surface area contributed by atoms with Crippen LogP contribution in [0.25, 0.3) is 0 Å². The molecule has 1 aliphatic rings. The van der Waals surface area contributed by atoms with Gasteiger partial charge in [-0.05, 0) is 25.3 Å². The van der Waals surface area contributed by atoms with Gasteiger partial charge in [-0.25, -0.2) is 0 Å². The van der Waals surface area contributed by atoms with E-state index in [1.807, 2.05) is 0 Å². The molecule has 1 saturated carbocycles. The van der Waals surface area contributed by atoms with Gasteiger partial charge < -0.3 is 10.1 Å². The number of rotatable bonds is 7. The minimum atomic E-state index is 0.423. The van der Waals surface area contributed by atoms with Gasteiger partial charge in [-0.3, -0.25) is 4.68 Å². The van der Waals surface area contributed by atoms with E-state index in [4.69, 9.17) is 4.74 Å². The monoisotopic (exact) mass is 251 g/mol. The van der Waals surface area contributed by atoms with Crippen LogP contribution in [0.1, 0.15) is 50.8 Å². The number of hydrogen-bond acceptors (Lipinski definition) is 3. The zero-order chi connectivity index (χ0) is 12.8. The van der Waals surface area contributed by atoms with Crippen molar-refractivity contribution in [1.82, 2.24) is 15.1 Å². The van der Waals surface area contributed by atoms with Gasteiger partial charge in [-0.2, -0.15) is 5.10 Å². The number of aromatic nitrogens is 2. The van der Waals surface area contributed by atoms with Gasteiger partial charge in [0.05, 0.1) is 18.3 Å². The molecule has 0 aromatic carbocycles. The number of nitrogens with one attached hydrogen (secondary N) is 1. The number of hydrogen-bond donors (Lipinski definition) is 1. The van der Waals surface area contributed by atoms with Crippen molar-refractivity contribution in [1.29, 1.82) is 0 Å². The second kappa shape index (κ2) is 6.90. The predicted octanol–water partition coefficient (Wildman–Crippen LogP) is 2.51. The number of nitrogens with zero attached hydrogens (tertiary/aromatic N) is 2. The van der Waals surface area contributed by atoms with Crippen LogP contribution in [0.5, 0.6) is 0 Å². The molecule has 1 aromatic heterocycles. The lowest BCUT2D eigenvalue weighted by Crippen LogP contribution is -2.32. The molecule has 0 spiro atoms. The van der Waals surface area contributed by atoms with E-state index in [0.717, 1.165) is 25.3 Å². The topological polar surface area (TPSA) is 39.1 Å². The molecule has 0 saturated heterocycles. The van der Waals surface area contributed by atoms with Gasteiger partial charge >= 0.3 is 0 Å². The van der Waals surface area contributed by atoms with Crippen molar-refractivity contribution in [2.24, 2.45) is 0 Å². The maximum Gasteiger partial charge on any atom is 0.0762 e. The standard InChI is InChI=1S/C14H25N3O/c1-3-12(11-18-2)15-10-13-8-9-17(16-13)14-6-4-5-7-14/h8-9,12,14-15H,3-7,10-11H2,1-2H3. The average molecular weight is 251 g/mol. The van der Waals surface area contributed by atoms with Crippen LogP contribution in [0.3, 0.4) is 0 Å². The van der Waals surface area contributed by atoms with Gasteiger partial charge in [0, 0.05) is 25.9 Å². The summed E-state index contributed by atoms with van der Waals surface area (Å²) in [6.45, 7) is 3.77. The molecule has 102 valence electrons. The fourth-order valence-electron chi connectivity index (χ4n) is 2.62. The minimum absolute atomic E-state index is 0.423. The van der Waals surface area contributed by atoms with Gasteiger partial charge in [0.25, 0.3) is 0 Å². The van der Waals surface area contributed by atoms with Crippen molar-refractivity contribution in [2.75, 3.05) is 13.7 Å². The molecule has 1 atom stereocenters. The third kappa shape index (κ3) is 3.56. The van der Waals surface area contributed by atoms with E-state index in [-0.39, 0.29) is 0 Å². The zero-order valence-corrected chi connectivity index (χ0v) is 11.6. The van der Waals surface area contributed by atoms with Crippen molar-refractivity contribution in [3.63, 3.8) is 0 Å². The van der Waals surface area contributed by atoms with E-state index in [1.54, 1.807) is 7.11 Å². The molecule has 1 fully saturated rings. The Bertz CT molecular complexity index is 345. The Morgan fingerprint density at radius 1 is 1.50 bits per heavy atom. The molecule has 0 bridgehead atoms. The predicted molar refractivity (Wildman–Crippen MR) is 72.5 cm³/mol. The molecule has 1 unspecified atom stereocenters. The summed E-state index contributed by atoms with van der Waals surface area (Å²) in [4.78, 5) is 0. The van der Waals surface area contributed by atoms with Gasteiger partial charge in [-0.15, -0.1) is 0 Å². The third-order valence-electron chi connectivity index (χ3n) is 3.79. The lowest BCUT2D eigenvalue weighted by molar-refractivity contribution is 0.163. The van der Waals surface area contributed by atoms with E-state index >= 15 is 0 Å². The van der Waals surface area contributed by atoms with Crippen LogP contribution in [0.2, 0.25) is 0 Å². The lowest BCUT2D eigenvalue weighted by atomic mass is 10.2. The Balaban J connectivity index is 1.82. The molecular formula is C14H25N3O. The van der Waals surface area contributed by atoms with E-state index in [9.17, 15) is 0 Å². The average Bonchev–Trinajstić information content (AvgIpc) is 3.04. The van der Waals surface area contributed by atoms with E-state index in [1.165, 1.54) is 25.7 Å². The highest BCUT2D eigenvalue weighted by Gasteiger charge is 2.17. The summed E-state index contributed by atoms with van der Waals surface area (Å²) in [5, 5.41) is 8.16. The Morgan fingerprint density at radius 3 is 2.94 bits per heavy atom. The van der Waals surface area contributed by atoms with Crippen molar-refractivity contribution < 1.29 is 4.74 Å². The van der Waals surface area contributed by atoms with Crippen molar-refractivity contribution in [3.05, 3.63) is 18.0 Å². The normalized spacial score (nSPS) is 18.3. The van der Waals surface area contributed by atoms with Crippen LogP contribution < -0.4 is 5.32 Å². The van der Waals surface area contributed by atoms with Gasteiger partial charge in [0.15, 0.2) is 0 Å². The van der Waals surface area contributed by atoms with Crippen LogP contribution in [-0.4, -0.2) is 29.5 Å². The highest BCUT2D eigenvalue weighted by atomic mass is 16.5. The first-order chi connectivity index (χ1) is 8.83. The fraction of sp³-hybridized carbons (Fsp3) is 0.786. The van der Waals surface area contributed by atoms with Gasteiger partial charge in [0.1, 0.15) is 0 Å². The highest BCUT2D eigenvalue weighted by Crippen LogP contribution is 2.28. The van der Waals surface area contributed by atoms with Crippen LogP contribution >= 0.6 is 0 Å². The Labute approximate surface area is 110 Å². The summed E-state index contributed by atoms with van der Waals surface area (Å²) in [6.07, 6.45) is 8.49. The Hall–Kier alpha value is -0.870. The Kier molecular flexibility index (Phi) is 5.20. The van der Waals surface area contributed by atoms with Crippen LogP contribution in [0.15, 0.2) is 12.3 Å². The first kappa shape index (κ1) is 13.6. The smallest absolute Gasteiger partial charge is 0.0762 e. The second-order valence-corrected chi connectivity index (χ2v) is 5.17. The molecule has 2 rings (SSSR count). The van der Waals surface area contributed by atoms with E-state index < -0.39 is 0 Å². The lowest BCUT2D eigenvalue weighted by Gasteiger charge is -2.15. The molecule has 0 radical (unpaired) electrons. The largest absolute Gasteiger partial charge is 0.383 e. The summed E-state index contributed by atoms with van der Waals surface area (Å²) < 4.78 is 7.34. The first-order valence-corrected chi connectivity index (χ1v) is 7.09. The summed E-state index contributed by atoms with van der Waals surface area (Å²) in [5.74, 6) is 0. The third-order valence-corrected chi connectivity index (χ3v) is 3.79. The molecular weight excluding hydrogens is 226 g/mol. The molecule has 0 aliphatic heterocycles. The molecule has 4 nitrogen and oxygen atoms in total. The summed E-state index contributed by atoms with van der Waals surface area (Å²) in [5.41, 5.74) is 1.14. The van der Waals surface area contributed by atoms with Crippen molar-refractivity contribution in [3.8, 4) is 0 Å². The second-order valence-electron chi connectivity index (χ2n) is 5.17. The van der Waals surface area contributed by atoms with Gasteiger partial charge in [0.2, 0.25) is 0 Å². The molecule has 1 N–H and O–H groups in total. The molecule has 4 heteroatoms. The maximum atomic E-state index is 5.18. The maximum absolute atomic E-state index is 5.18. The fourth-order valence-corrected chi connectivity index (χ4v) is 2.62. The SMILES string of the molecule is CCC(COC)NCc1ccn(C2CCCC2)n1. The summed E-state index contributed by atoms with van der Waals surface area (Å²) >= 11 is 0.